The normalized spacial score (nSPS) is 14.0. The molecule has 1 aliphatic rings. The summed E-state index contributed by atoms with van der Waals surface area (Å²) in [7, 11) is 0. The lowest BCUT2D eigenvalue weighted by Crippen LogP contribution is -2.33. The number of carbonyl (C=O) groups excluding carboxylic acids is 1. The van der Waals surface area contributed by atoms with Crippen molar-refractivity contribution >= 4 is 5.91 Å². The number of hydrogen-bond donors (Lipinski definition) is 0. The SMILES string of the molecule is C#CCN(CC1CC1)C(=O)c1cc(F)c(F)c(F)c1. The molecule has 0 aromatic heterocycles. The molecule has 1 aromatic rings. The highest BCUT2D eigenvalue weighted by atomic mass is 19.2. The van der Waals surface area contributed by atoms with Gasteiger partial charge in [-0.15, -0.1) is 6.42 Å². The predicted octanol–water partition coefficient (Wildman–Crippen LogP) is 2.59. The van der Waals surface area contributed by atoms with Crippen molar-refractivity contribution in [1.82, 2.24) is 4.90 Å². The molecule has 0 bridgehead atoms. The van der Waals surface area contributed by atoms with Gasteiger partial charge in [-0.25, -0.2) is 13.2 Å². The number of benzene rings is 1. The van der Waals surface area contributed by atoms with E-state index >= 15 is 0 Å². The molecule has 0 heterocycles. The summed E-state index contributed by atoms with van der Waals surface area (Å²) < 4.78 is 39.0. The lowest BCUT2D eigenvalue weighted by atomic mass is 10.1. The summed E-state index contributed by atoms with van der Waals surface area (Å²) in [5.41, 5.74) is -0.229. The molecule has 1 fully saturated rings. The van der Waals surface area contributed by atoms with Crippen molar-refractivity contribution in [3.63, 3.8) is 0 Å². The molecule has 1 aliphatic carbocycles. The third kappa shape index (κ3) is 3.08. The van der Waals surface area contributed by atoms with E-state index in [0.29, 0.717) is 24.6 Å². The van der Waals surface area contributed by atoms with Crippen LogP contribution in [0.15, 0.2) is 12.1 Å². The summed E-state index contributed by atoms with van der Waals surface area (Å²) in [5, 5.41) is 0. The van der Waals surface area contributed by atoms with Gasteiger partial charge in [0.1, 0.15) is 0 Å². The van der Waals surface area contributed by atoms with Crippen molar-refractivity contribution in [3.05, 3.63) is 35.1 Å². The average molecular weight is 267 g/mol. The molecule has 1 amide bonds. The lowest BCUT2D eigenvalue weighted by molar-refractivity contribution is 0.0768. The van der Waals surface area contributed by atoms with Crippen molar-refractivity contribution in [2.75, 3.05) is 13.1 Å². The van der Waals surface area contributed by atoms with Crippen molar-refractivity contribution < 1.29 is 18.0 Å². The van der Waals surface area contributed by atoms with Crippen LogP contribution in [-0.2, 0) is 0 Å². The highest BCUT2D eigenvalue weighted by Crippen LogP contribution is 2.30. The van der Waals surface area contributed by atoms with Crippen LogP contribution in [-0.4, -0.2) is 23.9 Å². The fraction of sp³-hybridized carbons (Fsp3) is 0.357. The van der Waals surface area contributed by atoms with Crippen LogP contribution >= 0.6 is 0 Å². The average Bonchev–Trinajstić information content (AvgIpc) is 3.18. The maximum Gasteiger partial charge on any atom is 0.254 e. The van der Waals surface area contributed by atoms with Gasteiger partial charge in [0, 0.05) is 12.1 Å². The first-order valence-electron chi connectivity index (χ1n) is 5.90. The van der Waals surface area contributed by atoms with Crippen LogP contribution in [0.2, 0.25) is 0 Å². The molecular formula is C14H12F3NO. The molecule has 0 N–H and O–H groups in total. The highest BCUT2D eigenvalue weighted by molar-refractivity contribution is 5.94. The molecule has 0 aliphatic heterocycles. The molecule has 19 heavy (non-hydrogen) atoms. The van der Waals surface area contributed by atoms with Crippen LogP contribution < -0.4 is 0 Å². The van der Waals surface area contributed by atoms with Crippen LogP contribution in [0.5, 0.6) is 0 Å². The van der Waals surface area contributed by atoms with Gasteiger partial charge in [-0.2, -0.15) is 0 Å². The zero-order valence-electron chi connectivity index (χ0n) is 10.1. The Morgan fingerprint density at radius 1 is 1.32 bits per heavy atom. The zero-order valence-corrected chi connectivity index (χ0v) is 10.1. The van der Waals surface area contributed by atoms with Crippen LogP contribution in [0.25, 0.3) is 0 Å². The molecule has 2 nitrogen and oxygen atoms in total. The second-order valence-electron chi connectivity index (χ2n) is 4.59. The van der Waals surface area contributed by atoms with E-state index in [1.165, 1.54) is 4.90 Å². The van der Waals surface area contributed by atoms with E-state index in [4.69, 9.17) is 6.42 Å². The van der Waals surface area contributed by atoms with Gasteiger partial charge in [0.25, 0.3) is 5.91 Å². The molecule has 1 aromatic carbocycles. The number of halogens is 3. The van der Waals surface area contributed by atoms with Crippen molar-refractivity contribution in [3.8, 4) is 12.3 Å². The molecule has 5 heteroatoms. The monoisotopic (exact) mass is 267 g/mol. The van der Waals surface area contributed by atoms with Crippen LogP contribution in [0.3, 0.4) is 0 Å². The lowest BCUT2D eigenvalue weighted by Gasteiger charge is -2.20. The number of carbonyl (C=O) groups is 1. The van der Waals surface area contributed by atoms with Crippen LogP contribution in [0, 0.1) is 35.7 Å². The van der Waals surface area contributed by atoms with Crippen LogP contribution in [0.4, 0.5) is 13.2 Å². The topological polar surface area (TPSA) is 20.3 Å². The van der Waals surface area contributed by atoms with Crippen molar-refractivity contribution in [2.45, 2.75) is 12.8 Å². The maximum atomic E-state index is 13.1. The summed E-state index contributed by atoms with van der Waals surface area (Å²) in [6, 6.07) is 1.38. The molecule has 2 rings (SSSR count). The highest BCUT2D eigenvalue weighted by Gasteiger charge is 2.27. The van der Waals surface area contributed by atoms with E-state index in [9.17, 15) is 18.0 Å². The predicted molar refractivity (Wildman–Crippen MR) is 63.8 cm³/mol. The van der Waals surface area contributed by atoms with Gasteiger partial charge in [0.05, 0.1) is 6.54 Å². The maximum absolute atomic E-state index is 13.1. The van der Waals surface area contributed by atoms with E-state index in [-0.39, 0.29) is 12.1 Å². The number of rotatable bonds is 4. The van der Waals surface area contributed by atoms with E-state index in [1.807, 2.05) is 0 Å². The third-order valence-corrected chi connectivity index (χ3v) is 2.98. The summed E-state index contributed by atoms with van der Waals surface area (Å²) in [6.07, 6.45) is 7.20. The van der Waals surface area contributed by atoms with Crippen molar-refractivity contribution in [2.24, 2.45) is 5.92 Å². The van der Waals surface area contributed by atoms with Gasteiger partial charge < -0.3 is 4.90 Å². The number of nitrogens with zero attached hydrogens (tertiary/aromatic N) is 1. The third-order valence-electron chi connectivity index (χ3n) is 2.98. The van der Waals surface area contributed by atoms with Gasteiger partial charge in [-0.1, -0.05) is 5.92 Å². The van der Waals surface area contributed by atoms with Gasteiger partial charge in [0.2, 0.25) is 0 Å². The van der Waals surface area contributed by atoms with E-state index in [1.54, 1.807) is 0 Å². The second kappa shape index (κ2) is 5.35. The Morgan fingerprint density at radius 2 is 1.89 bits per heavy atom. The quantitative estimate of drug-likeness (QED) is 0.606. The number of hydrogen-bond acceptors (Lipinski definition) is 1. The molecular weight excluding hydrogens is 255 g/mol. The Labute approximate surface area is 109 Å². The Balaban J connectivity index is 2.23. The smallest absolute Gasteiger partial charge is 0.254 e. The van der Waals surface area contributed by atoms with E-state index < -0.39 is 23.4 Å². The minimum absolute atomic E-state index is 0.0654. The number of terminal acetylenes is 1. The Kier molecular flexibility index (Phi) is 3.79. The summed E-state index contributed by atoms with van der Waals surface area (Å²) in [4.78, 5) is 13.4. The first kappa shape index (κ1) is 13.5. The standard InChI is InChI=1S/C14H12F3NO/c1-2-5-18(8-9-3-4-9)14(19)10-6-11(15)13(17)12(16)7-10/h1,6-7,9H,3-5,8H2. The van der Waals surface area contributed by atoms with Gasteiger partial charge >= 0.3 is 0 Å². The Morgan fingerprint density at radius 3 is 2.37 bits per heavy atom. The molecule has 100 valence electrons. The van der Waals surface area contributed by atoms with Crippen molar-refractivity contribution in [1.29, 1.82) is 0 Å². The number of amides is 1. The zero-order chi connectivity index (χ0) is 14.0. The molecule has 0 atom stereocenters. The van der Waals surface area contributed by atoms with Gasteiger partial charge in [0.15, 0.2) is 17.5 Å². The van der Waals surface area contributed by atoms with E-state index in [2.05, 4.69) is 5.92 Å². The minimum atomic E-state index is -1.58. The summed E-state index contributed by atoms with van der Waals surface area (Å²) in [5.74, 6) is -2.19. The van der Waals surface area contributed by atoms with E-state index in [0.717, 1.165) is 12.8 Å². The summed E-state index contributed by atoms with van der Waals surface area (Å²) >= 11 is 0. The first-order valence-corrected chi connectivity index (χ1v) is 5.90. The summed E-state index contributed by atoms with van der Waals surface area (Å²) in [6.45, 7) is 0.527. The fourth-order valence-electron chi connectivity index (χ4n) is 1.80. The Hall–Kier alpha value is -1.96. The molecule has 0 saturated heterocycles. The minimum Gasteiger partial charge on any atom is -0.327 e. The van der Waals surface area contributed by atoms with Gasteiger partial charge in [-0.3, -0.25) is 4.79 Å². The largest absolute Gasteiger partial charge is 0.327 e. The second-order valence-corrected chi connectivity index (χ2v) is 4.59. The molecule has 0 spiro atoms. The molecule has 1 saturated carbocycles. The fourth-order valence-corrected chi connectivity index (χ4v) is 1.80. The van der Waals surface area contributed by atoms with Crippen LogP contribution in [0.1, 0.15) is 23.2 Å². The van der Waals surface area contributed by atoms with Gasteiger partial charge in [-0.05, 0) is 30.9 Å². The Bertz CT molecular complexity index is 523. The first-order chi connectivity index (χ1) is 9.02. The molecule has 0 radical (unpaired) electrons. The molecule has 0 unspecified atom stereocenters.